The van der Waals surface area contributed by atoms with Crippen LogP contribution < -0.4 is 9.47 Å². The van der Waals surface area contributed by atoms with Gasteiger partial charge in [0, 0.05) is 0 Å². The van der Waals surface area contributed by atoms with Crippen LogP contribution >= 0.6 is 0 Å². The first-order valence-corrected chi connectivity index (χ1v) is 8.11. The molecular weight excluding hydrogens is 284 g/mol. The lowest BCUT2D eigenvalue weighted by Gasteiger charge is -2.17. The normalized spacial score (nSPS) is 20.6. The average Bonchev–Trinajstić information content (AvgIpc) is 2.71. The third-order valence-electron chi connectivity index (χ3n) is 2.98. The molecule has 1 aromatic rings. The highest BCUT2D eigenvalue weighted by Crippen LogP contribution is 2.33. The van der Waals surface area contributed by atoms with E-state index in [9.17, 15) is 18.3 Å². The van der Waals surface area contributed by atoms with E-state index in [-0.39, 0.29) is 22.8 Å². The fraction of sp³-hybridized carbons (Fsp3) is 0.462. The zero-order chi connectivity index (χ0) is 14.8. The quantitative estimate of drug-likeness (QED) is 0.882. The maximum absolute atomic E-state index is 11.4. The Bertz CT molecular complexity index is 607. The van der Waals surface area contributed by atoms with Crippen molar-refractivity contribution >= 4 is 15.8 Å². The van der Waals surface area contributed by atoms with Crippen LogP contribution in [0.15, 0.2) is 18.2 Å². The second-order valence-electron chi connectivity index (χ2n) is 4.51. The number of sulfone groups is 1. The van der Waals surface area contributed by atoms with Crippen molar-refractivity contribution in [3.05, 3.63) is 23.8 Å². The maximum atomic E-state index is 11.4. The van der Waals surface area contributed by atoms with Gasteiger partial charge in [-0.3, -0.25) is 0 Å². The molecule has 0 aliphatic carbocycles. The molecule has 1 saturated heterocycles. The lowest BCUT2D eigenvalue weighted by atomic mass is 10.2. The van der Waals surface area contributed by atoms with Gasteiger partial charge in [0.1, 0.15) is 11.7 Å². The van der Waals surface area contributed by atoms with Gasteiger partial charge >= 0.3 is 5.97 Å². The first-order valence-electron chi connectivity index (χ1n) is 6.29. The molecule has 2 rings (SSSR count). The van der Waals surface area contributed by atoms with E-state index in [0.717, 1.165) is 0 Å². The molecule has 1 aliphatic heterocycles. The van der Waals surface area contributed by atoms with Gasteiger partial charge in [-0.15, -0.1) is 0 Å². The molecule has 110 valence electrons. The van der Waals surface area contributed by atoms with Gasteiger partial charge in [-0.05, 0) is 25.5 Å². The van der Waals surface area contributed by atoms with Crippen LogP contribution in [0.4, 0.5) is 0 Å². The van der Waals surface area contributed by atoms with Crippen molar-refractivity contribution in [1.82, 2.24) is 0 Å². The van der Waals surface area contributed by atoms with Gasteiger partial charge in [0.05, 0.1) is 18.1 Å². The van der Waals surface area contributed by atoms with Crippen LogP contribution in [0.5, 0.6) is 11.5 Å². The van der Waals surface area contributed by atoms with E-state index in [4.69, 9.17) is 9.47 Å². The summed E-state index contributed by atoms with van der Waals surface area (Å²) in [5.74, 6) is -0.744. The van der Waals surface area contributed by atoms with Gasteiger partial charge in [0.25, 0.3) is 0 Å². The van der Waals surface area contributed by atoms with Gasteiger partial charge in [-0.2, -0.15) is 0 Å². The van der Waals surface area contributed by atoms with Crippen molar-refractivity contribution in [1.29, 1.82) is 0 Å². The fourth-order valence-electron chi connectivity index (χ4n) is 2.10. The summed E-state index contributed by atoms with van der Waals surface area (Å²) in [5.41, 5.74) is -0.0275. The lowest BCUT2D eigenvalue weighted by molar-refractivity contribution is 0.0688. The molecule has 0 spiro atoms. The minimum Gasteiger partial charge on any atom is -0.490 e. The molecule has 1 fully saturated rings. The summed E-state index contributed by atoms with van der Waals surface area (Å²) < 4.78 is 33.8. The summed E-state index contributed by atoms with van der Waals surface area (Å²) in [6, 6.07) is 4.57. The van der Waals surface area contributed by atoms with Crippen LogP contribution in [0, 0.1) is 0 Å². The molecule has 0 bridgehead atoms. The maximum Gasteiger partial charge on any atom is 0.339 e. The summed E-state index contributed by atoms with van der Waals surface area (Å²) in [4.78, 5) is 11.2. The summed E-state index contributed by atoms with van der Waals surface area (Å²) in [7, 11) is -3.09. The zero-order valence-corrected chi connectivity index (χ0v) is 11.9. The average molecular weight is 300 g/mol. The molecular formula is C13H16O6S. The highest BCUT2D eigenvalue weighted by Gasteiger charge is 2.31. The fourth-order valence-corrected chi connectivity index (χ4v) is 3.69. The molecule has 1 N–H and O–H groups in total. The third kappa shape index (κ3) is 3.22. The molecule has 20 heavy (non-hydrogen) atoms. The van der Waals surface area contributed by atoms with Crippen molar-refractivity contribution in [2.45, 2.75) is 19.4 Å². The Morgan fingerprint density at radius 2 is 2.20 bits per heavy atom. The van der Waals surface area contributed by atoms with E-state index in [1.54, 1.807) is 19.1 Å². The molecule has 1 heterocycles. The Balaban J connectivity index is 2.31. The number of ether oxygens (including phenoxy) is 2. The number of aromatic carboxylic acids is 1. The van der Waals surface area contributed by atoms with Crippen molar-refractivity contribution in [2.24, 2.45) is 0 Å². The predicted octanol–water partition coefficient (Wildman–Crippen LogP) is 1.35. The van der Waals surface area contributed by atoms with E-state index in [0.29, 0.717) is 18.8 Å². The van der Waals surface area contributed by atoms with Gasteiger partial charge in [-0.1, -0.05) is 6.07 Å². The smallest absolute Gasteiger partial charge is 0.339 e. The number of hydrogen-bond acceptors (Lipinski definition) is 5. The lowest BCUT2D eigenvalue weighted by Crippen LogP contribution is -2.19. The Morgan fingerprint density at radius 3 is 2.75 bits per heavy atom. The molecule has 0 aromatic heterocycles. The van der Waals surface area contributed by atoms with E-state index < -0.39 is 21.9 Å². The number of rotatable bonds is 5. The van der Waals surface area contributed by atoms with E-state index in [1.807, 2.05) is 0 Å². The number of hydrogen-bond donors (Lipinski definition) is 1. The molecule has 6 nitrogen and oxygen atoms in total. The standard InChI is InChI=1S/C13H16O6S/c1-2-18-11-5-3-4-10(13(14)15)12(11)19-9-6-7-20(16,17)8-9/h3-5,9H,2,6-8H2,1H3,(H,14,15). The van der Waals surface area contributed by atoms with Crippen LogP contribution in [-0.4, -0.2) is 43.7 Å². The topological polar surface area (TPSA) is 89.9 Å². The Morgan fingerprint density at radius 1 is 1.45 bits per heavy atom. The van der Waals surface area contributed by atoms with Crippen LogP contribution in [0.3, 0.4) is 0 Å². The van der Waals surface area contributed by atoms with Crippen LogP contribution in [-0.2, 0) is 9.84 Å². The van der Waals surface area contributed by atoms with Crippen molar-refractivity contribution in [3.63, 3.8) is 0 Å². The van der Waals surface area contributed by atoms with Gasteiger partial charge < -0.3 is 14.6 Å². The van der Waals surface area contributed by atoms with E-state index >= 15 is 0 Å². The van der Waals surface area contributed by atoms with E-state index in [2.05, 4.69) is 0 Å². The van der Waals surface area contributed by atoms with Crippen molar-refractivity contribution < 1.29 is 27.8 Å². The van der Waals surface area contributed by atoms with Gasteiger partial charge in [0.15, 0.2) is 21.3 Å². The summed E-state index contributed by atoms with van der Waals surface area (Å²) in [6.07, 6.45) is -0.165. The van der Waals surface area contributed by atoms with Crippen LogP contribution in [0.1, 0.15) is 23.7 Å². The highest BCUT2D eigenvalue weighted by molar-refractivity contribution is 7.91. The third-order valence-corrected chi connectivity index (χ3v) is 4.72. The zero-order valence-electron chi connectivity index (χ0n) is 11.0. The first-order chi connectivity index (χ1) is 9.43. The Kier molecular flexibility index (Phi) is 4.17. The summed E-state index contributed by atoms with van der Waals surface area (Å²) >= 11 is 0. The molecule has 7 heteroatoms. The second-order valence-corrected chi connectivity index (χ2v) is 6.74. The molecule has 1 unspecified atom stereocenters. The predicted molar refractivity (Wildman–Crippen MR) is 72.3 cm³/mol. The van der Waals surface area contributed by atoms with Crippen molar-refractivity contribution in [2.75, 3.05) is 18.1 Å². The van der Waals surface area contributed by atoms with Gasteiger partial charge in [0.2, 0.25) is 0 Å². The van der Waals surface area contributed by atoms with Crippen LogP contribution in [0.2, 0.25) is 0 Å². The number of carbonyl (C=O) groups is 1. The monoisotopic (exact) mass is 300 g/mol. The molecule has 0 saturated carbocycles. The highest BCUT2D eigenvalue weighted by atomic mass is 32.2. The summed E-state index contributed by atoms with van der Waals surface area (Å²) in [5, 5.41) is 9.18. The molecule has 1 aromatic carbocycles. The Labute approximate surface area is 117 Å². The number of carboxylic acids is 1. The van der Waals surface area contributed by atoms with Gasteiger partial charge in [-0.25, -0.2) is 13.2 Å². The first kappa shape index (κ1) is 14.6. The number of para-hydroxylation sites is 1. The van der Waals surface area contributed by atoms with Crippen molar-refractivity contribution in [3.8, 4) is 11.5 Å². The second kappa shape index (κ2) is 5.70. The molecule has 1 aliphatic rings. The molecule has 0 amide bonds. The minimum absolute atomic E-state index is 0.0275. The molecule has 1 atom stereocenters. The SMILES string of the molecule is CCOc1cccc(C(=O)O)c1OC1CCS(=O)(=O)C1. The Hall–Kier alpha value is -1.76. The number of carboxylic acid groups (broad SMARTS) is 1. The summed E-state index contributed by atoms with van der Waals surface area (Å²) in [6.45, 7) is 2.14. The largest absolute Gasteiger partial charge is 0.490 e. The minimum atomic E-state index is -3.09. The van der Waals surface area contributed by atoms with Crippen LogP contribution in [0.25, 0.3) is 0 Å². The number of benzene rings is 1. The van der Waals surface area contributed by atoms with E-state index in [1.165, 1.54) is 6.07 Å². The molecule has 0 radical (unpaired) electrons.